The van der Waals surface area contributed by atoms with E-state index in [9.17, 15) is 9.59 Å². The number of carbonyl (C=O) groups excluding carboxylic acids is 2. The molecule has 15 heavy (non-hydrogen) atoms. The van der Waals surface area contributed by atoms with Gasteiger partial charge in [0.2, 0.25) is 0 Å². The molecule has 0 heterocycles. The molecule has 3 nitrogen and oxygen atoms in total. The molecule has 0 saturated heterocycles. The Hall–Kier alpha value is -0.510. The molecule has 0 aliphatic rings. The maximum atomic E-state index is 11.4. The second-order valence-electron chi connectivity index (χ2n) is 3.34. The fraction of sp³-hybridized carbons (Fsp3) is 0.818. The van der Waals surface area contributed by atoms with Crippen LogP contribution in [0.4, 0.5) is 0 Å². The van der Waals surface area contributed by atoms with Gasteiger partial charge < -0.3 is 4.74 Å². The quantitative estimate of drug-likeness (QED) is 0.366. The van der Waals surface area contributed by atoms with E-state index in [1.807, 2.05) is 0 Å². The summed E-state index contributed by atoms with van der Waals surface area (Å²) in [6.07, 6.45) is 2.26. The van der Waals surface area contributed by atoms with Crippen molar-refractivity contribution in [3.05, 3.63) is 0 Å². The summed E-state index contributed by atoms with van der Waals surface area (Å²) in [6.45, 7) is 5.65. The van der Waals surface area contributed by atoms with Crippen molar-refractivity contribution in [2.24, 2.45) is 5.92 Å². The number of rotatable bonds is 8. The Morgan fingerprint density at radius 3 is 2.47 bits per heavy atom. The molecule has 0 aliphatic heterocycles. The van der Waals surface area contributed by atoms with Gasteiger partial charge in [-0.15, -0.1) is 0 Å². The SMILES string of the molecule is CCCCSCC(C(C)=O)C(=O)OCC. The summed E-state index contributed by atoms with van der Waals surface area (Å²) in [7, 11) is 0. The van der Waals surface area contributed by atoms with E-state index in [0.717, 1.165) is 18.6 Å². The van der Waals surface area contributed by atoms with E-state index in [-0.39, 0.29) is 11.8 Å². The smallest absolute Gasteiger partial charge is 0.317 e. The van der Waals surface area contributed by atoms with Gasteiger partial charge in [-0.25, -0.2) is 0 Å². The summed E-state index contributed by atoms with van der Waals surface area (Å²) in [5.74, 6) is 0.492. The number of hydrogen-bond donors (Lipinski definition) is 0. The summed E-state index contributed by atoms with van der Waals surface area (Å²) >= 11 is 1.65. The summed E-state index contributed by atoms with van der Waals surface area (Å²) in [5, 5.41) is 0. The molecule has 0 aromatic carbocycles. The van der Waals surface area contributed by atoms with Crippen molar-refractivity contribution in [2.75, 3.05) is 18.1 Å². The Balaban J connectivity index is 3.94. The molecule has 0 aliphatic carbocycles. The fourth-order valence-electron chi connectivity index (χ4n) is 1.04. The van der Waals surface area contributed by atoms with Crippen LogP contribution in [0.15, 0.2) is 0 Å². The molecule has 88 valence electrons. The van der Waals surface area contributed by atoms with Crippen LogP contribution in [0, 0.1) is 5.92 Å². The highest BCUT2D eigenvalue weighted by molar-refractivity contribution is 7.99. The first-order chi connectivity index (χ1) is 7.13. The summed E-state index contributed by atoms with van der Waals surface area (Å²) in [5.41, 5.74) is 0. The predicted octanol–water partition coefficient (Wildman–Crippen LogP) is 2.29. The van der Waals surface area contributed by atoms with Crippen LogP contribution in [0.2, 0.25) is 0 Å². The van der Waals surface area contributed by atoms with Crippen LogP contribution < -0.4 is 0 Å². The molecule has 0 bridgehead atoms. The highest BCUT2D eigenvalue weighted by atomic mass is 32.2. The van der Waals surface area contributed by atoms with Crippen molar-refractivity contribution >= 4 is 23.5 Å². The molecule has 0 spiro atoms. The van der Waals surface area contributed by atoms with Crippen LogP contribution in [0.25, 0.3) is 0 Å². The van der Waals surface area contributed by atoms with Gasteiger partial charge in [-0.1, -0.05) is 13.3 Å². The van der Waals surface area contributed by atoms with E-state index >= 15 is 0 Å². The zero-order valence-electron chi connectivity index (χ0n) is 9.75. The fourth-order valence-corrected chi connectivity index (χ4v) is 2.31. The third kappa shape index (κ3) is 6.55. The van der Waals surface area contributed by atoms with Gasteiger partial charge in [0.1, 0.15) is 11.7 Å². The van der Waals surface area contributed by atoms with Crippen LogP contribution in [0.5, 0.6) is 0 Å². The van der Waals surface area contributed by atoms with Crippen molar-refractivity contribution in [2.45, 2.75) is 33.6 Å². The molecule has 0 N–H and O–H groups in total. The average molecular weight is 232 g/mol. The van der Waals surface area contributed by atoms with E-state index in [1.165, 1.54) is 6.92 Å². The zero-order valence-corrected chi connectivity index (χ0v) is 10.6. The van der Waals surface area contributed by atoms with Gasteiger partial charge in [-0.2, -0.15) is 11.8 Å². The van der Waals surface area contributed by atoms with Crippen molar-refractivity contribution in [1.82, 2.24) is 0 Å². The second kappa shape index (κ2) is 8.77. The van der Waals surface area contributed by atoms with E-state index in [1.54, 1.807) is 18.7 Å². The van der Waals surface area contributed by atoms with Gasteiger partial charge in [0.15, 0.2) is 0 Å². The Labute approximate surface area is 95.9 Å². The van der Waals surface area contributed by atoms with Gasteiger partial charge in [-0.3, -0.25) is 9.59 Å². The summed E-state index contributed by atoms with van der Waals surface area (Å²) in [6, 6.07) is 0. The van der Waals surface area contributed by atoms with E-state index in [2.05, 4.69) is 6.92 Å². The zero-order chi connectivity index (χ0) is 11.7. The average Bonchev–Trinajstić information content (AvgIpc) is 2.17. The Kier molecular flexibility index (Phi) is 8.47. The first kappa shape index (κ1) is 14.5. The van der Waals surface area contributed by atoms with Crippen molar-refractivity contribution in [1.29, 1.82) is 0 Å². The topological polar surface area (TPSA) is 43.4 Å². The minimum absolute atomic E-state index is 0.0996. The lowest BCUT2D eigenvalue weighted by molar-refractivity contribution is -0.150. The van der Waals surface area contributed by atoms with Crippen LogP contribution in [-0.2, 0) is 14.3 Å². The number of hydrogen-bond acceptors (Lipinski definition) is 4. The predicted molar refractivity (Wildman–Crippen MR) is 63.0 cm³/mol. The van der Waals surface area contributed by atoms with Crippen molar-refractivity contribution < 1.29 is 14.3 Å². The molecule has 1 atom stereocenters. The third-order valence-corrected chi connectivity index (χ3v) is 3.13. The van der Waals surface area contributed by atoms with Crippen molar-refractivity contribution in [3.63, 3.8) is 0 Å². The monoisotopic (exact) mass is 232 g/mol. The highest BCUT2D eigenvalue weighted by Crippen LogP contribution is 2.13. The maximum Gasteiger partial charge on any atom is 0.317 e. The molecule has 0 amide bonds. The third-order valence-electron chi connectivity index (χ3n) is 1.99. The highest BCUT2D eigenvalue weighted by Gasteiger charge is 2.24. The lowest BCUT2D eigenvalue weighted by Crippen LogP contribution is -2.26. The number of ether oxygens (including phenoxy) is 1. The number of esters is 1. The normalized spacial score (nSPS) is 12.2. The molecule has 0 aromatic rings. The minimum Gasteiger partial charge on any atom is -0.465 e. The molecule has 0 rings (SSSR count). The Morgan fingerprint density at radius 1 is 1.33 bits per heavy atom. The standard InChI is InChI=1S/C11H20O3S/c1-4-6-7-15-8-10(9(3)12)11(13)14-5-2/h10H,4-8H2,1-3H3. The van der Waals surface area contributed by atoms with Crippen LogP contribution in [0.1, 0.15) is 33.6 Å². The first-order valence-electron chi connectivity index (χ1n) is 5.38. The Morgan fingerprint density at radius 2 is 2.00 bits per heavy atom. The minimum atomic E-state index is -0.577. The molecular formula is C11H20O3S. The van der Waals surface area contributed by atoms with Gasteiger partial charge >= 0.3 is 5.97 Å². The first-order valence-corrected chi connectivity index (χ1v) is 6.53. The molecule has 0 radical (unpaired) electrons. The number of carbonyl (C=O) groups is 2. The summed E-state index contributed by atoms with van der Waals surface area (Å²) in [4.78, 5) is 22.6. The molecular weight excluding hydrogens is 212 g/mol. The number of unbranched alkanes of at least 4 members (excludes halogenated alkanes) is 1. The van der Waals surface area contributed by atoms with Crippen LogP contribution in [0.3, 0.4) is 0 Å². The number of thioether (sulfide) groups is 1. The summed E-state index contributed by atoms with van der Waals surface area (Å²) < 4.78 is 4.85. The molecule has 4 heteroatoms. The largest absolute Gasteiger partial charge is 0.465 e. The van der Waals surface area contributed by atoms with Gasteiger partial charge in [0.25, 0.3) is 0 Å². The number of ketones is 1. The van der Waals surface area contributed by atoms with Gasteiger partial charge in [0.05, 0.1) is 6.61 Å². The van der Waals surface area contributed by atoms with E-state index in [0.29, 0.717) is 12.4 Å². The van der Waals surface area contributed by atoms with E-state index in [4.69, 9.17) is 4.74 Å². The molecule has 0 aromatic heterocycles. The lowest BCUT2D eigenvalue weighted by atomic mass is 10.1. The number of Topliss-reactive ketones (excluding diaryl/α,β-unsaturated/α-hetero) is 1. The molecule has 0 fully saturated rings. The van der Waals surface area contributed by atoms with Crippen LogP contribution >= 0.6 is 11.8 Å². The molecule has 1 unspecified atom stereocenters. The second-order valence-corrected chi connectivity index (χ2v) is 4.49. The van der Waals surface area contributed by atoms with Crippen molar-refractivity contribution in [3.8, 4) is 0 Å². The van der Waals surface area contributed by atoms with Crippen LogP contribution in [-0.4, -0.2) is 29.9 Å². The molecule has 0 saturated carbocycles. The maximum absolute atomic E-state index is 11.4. The van der Waals surface area contributed by atoms with Gasteiger partial charge in [-0.05, 0) is 26.0 Å². The Bertz CT molecular complexity index is 204. The van der Waals surface area contributed by atoms with Gasteiger partial charge in [0, 0.05) is 5.75 Å². The lowest BCUT2D eigenvalue weighted by Gasteiger charge is -2.11. The van der Waals surface area contributed by atoms with E-state index < -0.39 is 5.92 Å².